The van der Waals surface area contributed by atoms with Crippen molar-refractivity contribution in [2.75, 3.05) is 24.7 Å². The molecule has 2 N–H and O–H groups in total. The molecule has 0 spiro atoms. The van der Waals surface area contributed by atoms with Gasteiger partial charge in [0, 0.05) is 23.1 Å². The third-order valence-electron chi connectivity index (χ3n) is 4.94. The van der Waals surface area contributed by atoms with Crippen molar-refractivity contribution in [3.63, 3.8) is 0 Å². The third kappa shape index (κ3) is 4.48. The number of carbonyl (C=O) groups is 1. The number of rotatable bonds is 7. The highest BCUT2D eigenvalue weighted by Crippen LogP contribution is 2.41. The van der Waals surface area contributed by atoms with Crippen molar-refractivity contribution >= 4 is 27.2 Å². The van der Waals surface area contributed by atoms with E-state index in [0.29, 0.717) is 33.9 Å². The Labute approximate surface area is 183 Å². The lowest BCUT2D eigenvalue weighted by atomic mass is 10.0. The zero-order chi connectivity index (χ0) is 22.9. The molecule has 32 heavy (non-hydrogen) atoms. The number of anilines is 2. The van der Waals surface area contributed by atoms with Crippen LogP contribution < -0.4 is 10.1 Å². The van der Waals surface area contributed by atoms with Gasteiger partial charge in [-0.1, -0.05) is 18.2 Å². The van der Waals surface area contributed by atoms with Gasteiger partial charge in [-0.05, 0) is 18.2 Å². The molecular weight excluding hydrogens is 442 g/mol. The van der Waals surface area contributed by atoms with Crippen molar-refractivity contribution < 1.29 is 26.7 Å². The second kappa shape index (κ2) is 8.67. The summed E-state index contributed by atoms with van der Waals surface area (Å²) < 4.78 is 55.9. The van der Waals surface area contributed by atoms with Gasteiger partial charge in [0.15, 0.2) is 5.78 Å². The van der Waals surface area contributed by atoms with Gasteiger partial charge in [-0.3, -0.25) is 9.78 Å². The number of fused-ring (bicyclic) bond motifs is 1. The zero-order valence-electron chi connectivity index (χ0n) is 17.0. The highest BCUT2D eigenvalue weighted by molar-refractivity contribution is 7.88. The fraction of sp³-hybridized carbons (Fsp3) is 0.238. The second-order valence-electron chi connectivity index (χ2n) is 7.25. The number of Topliss-reactive ketones (excluding diaryl/α,β-unsaturated/α-hetero) is 1. The van der Waals surface area contributed by atoms with Crippen LogP contribution in [0.25, 0.3) is 11.3 Å². The number of aromatic nitrogens is 2. The maximum atomic E-state index is 13.0. The van der Waals surface area contributed by atoms with E-state index in [1.807, 2.05) is 18.2 Å². The van der Waals surface area contributed by atoms with E-state index in [1.54, 1.807) is 18.2 Å². The highest BCUT2D eigenvalue weighted by Gasteiger charge is 2.34. The van der Waals surface area contributed by atoms with E-state index in [4.69, 9.17) is 4.74 Å². The molecule has 8 nitrogen and oxygen atoms in total. The molecule has 11 heteroatoms. The molecule has 2 aromatic heterocycles. The van der Waals surface area contributed by atoms with Crippen LogP contribution in [0.5, 0.6) is 5.75 Å². The van der Waals surface area contributed by atoms with Crippen LogP contribution in [0.2, 0.25) is 0 Å². The average Bonchev–Trinajstić information content (AvgIpc) is 3.11. The minimum Gasteiger partial charge on any atom is -0.485 e. The Kier molecular flexibility index (Phi) is 5.94. The molecule has 0 radical (unpaired) electrons. The van der Waals surface area contributed by atoms with Gasteiger partial charge in [0.25, 0.3) is 6.43 Å². The zero-order valence-corrected chi connectivity index (χ0v) is 17.8. The van der Waals surface area contributed by atoms with Gasteiger partial charge in [-0.15, -0.1) is 0 Å². The standard InChI is InChI=1S/C21H20F2N4O4S/c1-32(29,30)27-10-15-19(16(28)11-27)21(25-13-5-3-2-4-6-13)20(26-15)14-7-8-24-9-17(14)31-12-18(22)23/h2-9,18,25-26H,10-12H2,1H3. The first-order valence-corrected chi connectivity index (χ1v) is 11.5. The van der Waals surface area contributed by atoms with E-state index in [9.17, 15) is 22.0 Å². The molecule has 0 saturated heterocycles. The number of hydrogen-bond donors (Lipinski definition) is 2. The summed E-state index contributed by atoms with van der Waals surface area (Å²) in [5.41, 5.74) is 2.65. The Balaban J connectivity index is 1.86. The van der Waals surface area contributed by atoms with Crippen LogP contribution in [0, 0.1) is 0 Å². The SMILES string of the molecule is CS(=O)(=O)N1CC(=O)c2c([nH]c(-c3ccncc3OCC(F)F)c2Nc2ccccc2)C1. The Morgan fingerprint density at radius 1 is 1.22 bits per heavy atom. The number of benzene rings is 1. The Morgan fingerprint density at radius 3 is 2.66 bits per heavy atom. The molecule has 3 heterocycles. The molecule has 1 aliphatic rings. The molecule has 0 unspecified atom stereocenters. The molecule has 0 atom stereocenters. The number of para-hydroxylation sites is 1. The van der Waals surface area contributed by atoms with Gasteiger partial charge in [0.05, 0.1) is 42.5 Å². The minimum atomic E-state index is -3.60. The van der Waals surface area contributed by atoms with Crippen molar-refractivity contribution in [3.05, 3.63) is 60.0 Å². The summed E-state index contributed by atoms with van der Waals surface area (Å²) in [6, 6.07) is 10.7. The van der Waals surface area contributed by atoms with Crippen LogP contribution in [0.1, 0.15) is 16.1 Å². The molecule has 4 rings (SSSR count). The lowest BCUT2D eigenvalue weighted by Gasteiger charge is -2.24. The number of nitrogens with zero attached hydrogens (tertiary/aromatic N) is 2. The number of halogens is 2. The van der Waals surface area contributed by atoms with Crippen LogP contribution >= 0.6 is 0 Å². The monoisotopic (exact) mass is 462 g/mol. The van der Waals surface area contributed by atoms with Crippen molar-refractivity contribution in [2.24, 2.45) is 0 Å². The maximum Gasteiger partial charge on any atom is 0.272 e. The first kappa shape index (κ1) is 21.9. The molecule has 0 aliphatic carbocycles. The van der Waals surface area contributed by atoms with Crippen LogP contribution in [0.4, 0.5) is 20.2 Å². The van der Waals surface area contributed by atoms with E-state index in [0.717, 1.165) is 10.6 Å². The van der Waals surface area contributed by atoms with Crippen molar-refractivity contribution in [1.29, 1.82) is 0 Å². The van der Waals surface area contributed by atoms with Crippen LogP contribution in [0.3, 0.4) is 0 Å². The maximum absolute atomic E-state index is 13.0. The Morgan fingerprint density at radius 2 is 1.97 bits per heavy atom. The van der Waals surface area contributed by atoms with Gasteiger partial charge in [0.2, 0.25) is 10.0 Å². The summed E-state index contributed by atoms with van der Waals surface area (Å²) in [6.07, 6.45) is 1.15. The molecule has 0 fully saturated rings. The average molecular weight is 462 g/mol. The molecule has 1 aromatic carbocycles. The number of aromatic amines is 1. The molecule has 1 aliphatic heterocycles. The third-order valence-corrected chi connectivity index (χ3v) is 6.14. The van der Waals surface area contributed by atoms with E-state index >= 15 is 0 Å². The summed E-state index contributed by atoms with van der Waals surface area (Å²) in [5.74, 6) is -0.281. The van der Waals surface area contributed by atoms with Gasteiger partial charge < -0.3 is 15.0 Å². The molecule has 0 saturated carbocycles. The van der Waals surface area contributed by atoms with Crippen molar-refractivity contribution in [1.82, 2.24) is 14.3 Å². The topological polar surface area (TPSA) is 104 Å². The smallest absolute Gasteiger partial charge is 0.272 e. The summed E-state index contributed by atoms with van der Waals surface area (Å²) in [6.45, 7) is -1.14. The first-order valence-electron chi connectivity index (χ1n) is 9.64. The number of pyridine rings is 1. The number of H-pyrrole nitrogens is 1. The predicted molar refractivity (Wildman–Crippen MR) is 115 cm³/mol. The second-order valence-corrected chi connectivity index (χ2v) is 9.23. The lowest BCUT2D eigenvalue weighted by molar-refractivity contribution is 0.0820. The molecule has 0 bridgehead atoms. The van der Waals surface area contributed by atoms with Gasteiger partial charge in [-0.2, -0.15) is 4.31 Å². The summed E-state index contributed by atoms with van der Waals surface area (Å²) in [5, 5.41) is 3.21. The number of ketones is 1. The first-order chi connectivity index (χ1) is 15.2. The number of carbonyl (C=O) groups excluding carboxylic acids is 1. The minimum absolute atomic E-state index is 0.0261. The highest BCUT2D eigenvalue weighted by atomic mass is 32.2. The Bertz CT molecular complexity index is 1250. The number of sulfonamides is 1. The number of ether oxygens (including phenoxy) is 1. The van der Waals surface area contributed by atoms with Crippen molar-refractivity contribution in [3.8, 4) is 17.0 Å². The summed E-state index contributed by atoms with van der Waals surface area (Å²) in [4.78, 5) is 20.0. The van der Waals surface area contributed by atoms with Crippen LogP contribution in [-0.2, 0) is 16.6 Å². The van der Waals surface area contributed by atoms with Crippen molar-refractivity contribution in [2.45, 2.75) is 13.0 Å². The quantitative estimate of drug-likeness (QED) is 0.558. The molecule has 3 aromatic rings. The summed E-state index contributed by atoms with van der Waals surface area (Å²) in [7, 11) is -3.60. The largest absolute Gasteiger partial charge is 0.485 e. The molecule has 168 valence electrons. The fourth-order valence-electron chi connectivity index (χ4n) is 3.53. The number of nitrogens with one attached hydrogen (secondary N) is 2. The predicted octanol–water partition coefficient (Wildman–Crippen LogP) is 3.42. The van der Waals surface area contributed by atoms with E-state index < -0.39 is 23.1 Å². The van der Waals surface area contributed by atoms with Gasteiger partial charge >= 0.3 is 0 Å². The fourth-order valence-corrected chi connectivity index (χ4v) is 4.25. The van der Waals surface area contributed by atoms with Gasteiger partial charge in [-0.25, -0.2) is 17.2 Å². The van der Waals surface area contributed by atoms with Crippen LogP contribution in [-0.4, -0.2) is 54.3 Å². The van der Waals surface area contributed by atoms with E-state index in [2.05, 4.69) is 15.3 Å². The van der Waals surface area contributed by atoms with Crippen LogP contribution in [0.15, 0.2) is 48.8 Å². The normalized spacial score (nSPS) is 14.4. The number of alkyl halides is 2. The van der Waals surface area contributed by atoms with E-state index in [-0.39, 0.29) is 24.6 Å². The summed E-state index contributed by atoms with van der Waals surface area (Å²) >= 11 is 0. The van der Waals surface area contributed by atoms with Gasteiger partial charge in [0.1, 0.15) is 12.4 Å². The molecule has 0 amide bonds. The van der Waals surface area contributed by atoms with E-state index in [1.165, 1.54) is 12.4 Å². The lowest BCUT2D eigenvalue weighted by Crippen LogP contribution is -2.38. The Hall–Kier alpha value is -3.31. The number of hydrogen-bond acceptors (Lipinski definition) is 6. The molecular formula is C21H20F2N4O4S.